The van der Waals surface area contributed by atoms with Crippen molar-refractivity contribution in [3.05, 3.63) is 41.2 Å². The van der Waals surface area contributed by atoms with Crippen molar-refractivity contribution in [2.75, 3.05) is 7.11 Å². The highest BCUT2D eigenvalue weighted by molar-refractivity contribution is 6.36. The van der Waals surface area contributed by atoms with Crippen LogP contribution in [0.15, 0.2) is 34.3 Å². The van der Waals surface area contributed by atoms with E-state index in [9.17, 15) is 14.7 Å². The first-order chi connectivity index (χ1) is 8.06. The minimum absolute atomic E-state index is 0.0828. The van der Waals surface area contributed by atoms with Crippen LogP contribution in [0.25, 0.3) is 5.57 Å². The summed E-state index contributed by atoms with van der Waals surface area (Å²) in [7, 11) is 1.29. The fourth-order valence-electron chi connectivity index (χ4n) is 1.65. The van der Waals surface area contributed by atoms with Crippen LogP contribution >= 0.6 is 0 Å². The molecule has 0 saturated heterocycles. The Bertz CT molecular complexity index is 559. The van der Waals surface area contributed by atoms with Gasteiger partial charge in [0.05, 0.1) is 18.9 Å². The third-order valence-electron chi connectivity index (χ3n) is 2.53. The Kier molecular flexibility index (Phi) is 2.59. The standard InChI is InChI=1S/C12H10O5/c1-6-7(3-4-17-6)10-11(14)8(13)5-9(16-2)12(10)15/h3-5,14H,1-2H3. The number of ether oxygens (including phenoxy) is 1. The van der Waals surface area contributed by atoms with Crippen LogP contribution in [0.2, 0.25) is 0 Å². The maximum absolute atomic E-state index is 12.0. The molecule has 0 bridgehead atoms. The van der Waals surface area contributed by atoms with Crippen molar-refractivity contribution in [3.8, 4) is 0 Å². The van der Waals surface area contributed by atoms with Gasteiger partial charge in [0, 0.05) is 11.6 Å². The van der Waals surface area contributed by atoms with Gasteiger partial charge in [0.25, 0.3) is 0 Å². The minimum atomic E-state index is -0.656. The molecule has 1 aliphatic rings. The third-order valence-corrected chi connectivity index (χ3v) is 2.53. The molecule has 5 nitrogen and oxygen atoms in total. The van der Waals surface area contributed by atoms with Gasteiger partial charge in [0.15, 0.2) is 11.5 Å². The van der Waals surface area contributed by atoms with Gasteiger partial charge in [-0.3, -0.25) is 9.59 Å². The number of aliphatic hydroxyl groups is 1. The molecule has 0 fully saturated rings. The maximum atomic E-state index is 12.0. The average Bonchev–Trinajstić information content (AvgIpc) is 2.71. The first-order valence-corrected chi connectivity index (χ1v) is 4.88. The number of aryl methyl sites for hydroxylation is 1. The van der Waals surface area contributed by atoms with Crippen LogP contribution in [0.3, 0.4) is 0 Å². The highest BCUT2D eigenvalue weighted by Crippen LogP contribution is 2.29. The molecule has 1 aliphatic carbocycles. The lowest BCUT2D eigenvalue weighted by atomic mass is 9.94. The molecule has 1 N–H and O–H groups in total. The number of hydrogen-bond acceptors (Lipinski definition) is 5. The van der Waals surface area contributed by atoms with E-state index in [-0.39, 0.29) is 11.3 Å². The van der Waals surface area contributed by atoms with E-state index in [4.69, 9.17) is 9.15 Å². The Morgan fingerprint density at radius 2 is 2.06 bits per heavy atom. The summed E-state index contributed by atoms with van der Waals surface area (Å²) in [5, 5.41) is 9.68. The Morgan fingerprint density at radius 1 is 1.35 bits per heavy atom. The van der Waals surface area contributed by atoms with Crippen LogP contribution in [0.5, 0.6) is 0 Å². The van der Waals surface area contributed by atoms with Crippen molar-refractivity contribution < 1.29 is 23.8 Å². The summed E-state index contributed by atoms with van der Waals surface area (Å²) >= 11 is 0. The number of methoxy groups -OCH3 is 1. The van der Waals surface area contributed by atoms with Gasteiger partial charge in [-0.05, 0) is 13.0 Å². The van der Waals surface area contributed by atoms with Crippen molar-refractivity contribution in [2.24, 2.45) is 0 Å². The topological polar surface area (TPSA) is 76.7 Å². The number of allylic oxidation sites excluding steroid dienone is 2. The van der Waals surface area contributed by atoms with Crippen molar-refractivity contribution in [3.63, 3.8) is 0 Å². The van der Waals surface area contributed by atoms with E-state index < -0.39 is 17.3 Å². The number of carbonyl (C=O) groups excluding carboxylic acids is 2. The molecule has 0 saturated carbocycles. The zero-order valence-corrected chi connectivity index (χ0v) is 9.31. The number of rotatable bonds is 2. The first kappa shape index (κ1) is 11.2. The summed E-state index contributed by atoms with van der Waals surface area (Å²) in [6.45, 7) is 1.64. The van der Waals surface area contributed by atoms with Crippen molar-refractivity contribution in [1.82, 2.24) is 0 Å². The lowest BCUT2D eigenvalue weighted by Gasteiger charge is -2.14. The van der Waals surface area contributed by atoms with Gasteiger partial charge in [-0.1, -0.05) is 0 Å². The van der Waals surface area contributed by atoms with Crippen LogP contribution in [-0.4, -0.2) is 23.8 Å². The molecule has 1 aromatic rings. The van der Waals surface area contributed by atoms with Gasteiger partial charge in [0.2, 0.25) is 11.6 Å². The molecule has 1 heterocycles. The second kappa shape index (κ2) is 3.93. The van der Waals surface area contributed by atoms with Gasteiger partial charge < -0.3 is 14.3 Å². The molecule has 0 aliphatic heterocycles. The van der Waals surface area contributed by atoms with Crippen molar-refractivity contribution in [2.45, 2.75) is 6.92 Å². The normalized spacial score (nSPS) is 16.2. The van der Waals surface area contributed by atoms with Crippen molar-refractivity contribution >= 4 is 17.1 Å². The molecular weight excluding hydrogens is 224 g/mol. The highest BCUT2D eigenvalue weighted by Gasteiger charge is 2.31. The molecule has 0 aromatic carbocycles. The zero-order valence-electron chi connectivity index (χ0n) is 9.31. The summed E-state index contributed by atoms with van der Waals surface area (Å²) < 4.78 is 9.85. The van der Waals surface area contributed by atoms with Crippen LogP contribution in [-0.2, 0) is 14.3 Å². The highest BCUT2D eigenvalue weighted by atomic mass is 16.5. The van der Waals surface area contributed by atoms with Crippen LogP contribution in [0.1, 0.15) is 11.3 Å². The average molecular weight is 234 g/mol. The van der Waals surface area contributed by atoms with Gasteiger partial charge >= 0.3 is 0 Å². The molecule has 0 spiro atoms. The van der Waals surface area contributed by atoms with Crippen LogP contribution in [0.4, 0.5) is 0 Å². The monoisotopic (exact) mass is 234 g/mol. The Hall–Kier alpha value is -2.30. The third kappa shape index (κ3) is 1.65. The van der Waals surface area contributed by atoms with Gasteiger partial charge in [-0.2, -0.15) is 0 Å². The van der Waals surface area contributed by atoms with E-state index in [1.807, 2.05) is 0 Å². The predicted molar refractivity (Wildman–Crippen MR) is 58.1 cm³/mol. The summed E-state index contributed by atoms with van der Waals surface area (Å²) in [4.78, 5) is 23.4. The first-order valence-electron chi connectivity index (χ1n) is 4.88. The zero-order chi connectivity index (χ0) is 12.6. The summed E-state index contributed by atoms with van der Waals surface area (Å²) in [6.07, 6.45) is 2.35. The quantitative estimate of drug-likeness (QED) is 0.785. The largest absolute Gasteiger partial charge is 0.504 e. The fourth-order valence-corrected chi connectivity index (χ4v) is 1.65. The van der Waals surface area contributed by atoms with E-state index in [0.717, 1.165) is 6.08 Å². The molecule has 1 aromatic heterocycles. The number of aliphatic hydroxyl groups excluding tert-OH is 1. The summed E-state index contributed by atoms with van der Waals surface area (Å²) in [5.74, 6) is -1.42. The number of ketones is 2. The molecule has 0 atom stereocenters. The number of Topliss-reactive ketones (excluding diaryl/α,β-unsaturated/α-hetero) is 1. The summed E-state index contributed by atoms with van der Waals surface area (Å²) in [5.41, 5.74) is 0.309. The Morgan fingerprint density at radius 3 is 2.59 bits per heavy atom. The molecule has 0 unspecified atom stereocenters. The number of furan rings is 1. The minimum Gasteiger partial charge on any atom is -0.504 e. The number of hydrogen-bond donors (Lipinski definition) is 1. The Labute approximate surface area is 97.0 Å². The molecule has 0 amide bonds. The van der Waals surface area contributed by atoms with E-state index >= 15 is 0 Å². The van der Waals surface area contributed by atoms with E-state index in [2.05, 4.69) is 0 Å². The summed E-state index contributed by atoms with van der Waals surface area (Å²) in [6, 6.07) is 1.52. The van der Waals surface area contributed by atoms with Crippen molar-refractivity contribution in [1.29, 1.82) is 0 Å². The van der Waals surface area contributed by atoms with E-state index in [1.165, 1.54) is 19.4 Å². The van der Waals surface area contributed by atoms with Gasteiger partial charge in [-0.25, -0.2) is 0 Å². The Balaban J connectivity index is 2.59. The molecule has 88 valence electrons. The molecule has 0 radical (unpaired) electrons. The van der Waals surface area contributed by atoms with Crippen LogP contribution in [0, 0.1) is 6.92 Å². The second-order valence-corrected chi connectivity index (χ2v) is 3.52. The fraction of sp³-hybridized carbons (Fsp3) is 0.167. The van der Waals surface area contributed by atoms with Crippen LogP contribution < -0.4 is 0 Å². The SMILES string of the molecule is COC1=CC(=O)C(O)=C(c2ccoc2C)C1=O. The molecule has 17 heavy (non-hydrogen) atoms. The predicted octanol–water partition coefficient (Wildman–Crippen LogP) is 1.54. The van der Waals surface area contributed by atoms with Gasteiger partial charge in [0.1, 0.15) is 5.76 Å². The second-order valence-electron chi connectivity index (χ2n) is 3.52. The lowest BCUT2D eigenvalue weighted by Crippen LogP contribution is -2.19. The smallest absolute Gasteiger partial charge is 0.232 e. The molecular formula is C12H10O5. The lowest BCUT2D eigenvalue weighted by molar-refractivity contribution is -0.118. The van der Waals surface area contributed by atoms with Gasteiger partial charge in [-0.15, -0.1) is 0 Å². The maximum Gasteiger partial charge on any atom is 0.232 e. The molecule has 2 rings (SSSR count). The number of carbonyl (C=O) groups is 2. The molecule has 5 heteroatoms. The van der Waals surface area contributed by atoms with E-state index in [1.54, 1.807) is 6.92 Å². The van der Waals surface area contributed by atoms with E-state index in [0.29, 0.717) is 11.3 Å².